The third-order valence-electron chi connectivity index (χ3n) is 2.04. The van der Waals surface area contributed by atoms with E-state index in [9.17, 15) is 4.79 Å². The lowest BCUT2D eigenvalue weighted by Gasteiger charge is -2.18. The first kappa shape index (κ1) is 8.49. The zero-order valence-corrected chi connectivity index (χ0v) is 6.36. The fourth-order valence-corrected chi connectivity index (χ4v) is 1.50. The number of hydrogen-bond acceptors (Lipinski definition) is 3. The molecule has 1 heterocycles. The fraction of sp³-hybridized carbons (Fsp3) is 0.857. The standard InChI is InChI=1S/C7H13NO3/c9-5-4-8-3-1-2-6(8)7(10)11/h6,9H,1-5H2,(H,10,11). The number of aliphatic hydroxyl groups is 1. The zero-order valence-electron chi connectivity index (χ0n) is 6.36. The minimum Gasteiger partial charge on any atom is -0.480 e. The molecule has 4 heteroatoms. The zero-order chi connectivity index (χ0) is 8.27. The van der Waals surface area contributed by atoms with Gasteiger partial charge in [0, 0.05) is 6.54 Å². The third kappa shape index (κ3) is 1.91. The summed E-state index contributed by atoms with van der Waals surface area (Å²) in [5.74, 6) is -0.768. The van der Waals surface area contributed by atoms with Crippen LogP contribution in [0.15, 0.2) is 0 Å². The monoisotopic (exact) mass is 159 g/mol. The van der Waals surface area contributed by atoms with Crippen molar-refractivity contribution in [2.75, 3.05) is 19.7 Å². The number of β-amino-alcohol motifs (C(OH)–C–C–N with tert-alkyl or cyclic N) is 1. The van der Waals surface area contributed by atoms with Crippen LogP contribution in [0, 0.1) is 0 Å². The summed E-state index contributed by atoms with van der Waals surface area (Å²) < 4.78 is 0. The number of hydrogen-bond donors (Lipinski definition) is 2. The average molecular weight is 159 g/mol. The second-order valence-corrected chi connectivity index (χ2v) is 2.76. The molecule has 1 aliphatic rings. The van der Waals surface area contributed by atoms with Crippen LogP contribution >= 0.6 is 0 Å². The van der Waals surface area contributed by atoms with Crippen LogP contribution < -0.4 is 0 Å². The molecule has 64 valence electrons. The van der Waals surface area contributed by atoms with Crippen molar-refractivity contribution in [1.29, 1.82) is 0 Å². The lowest BCUT2D eigenvalue weighted by molar-refractivity contribution is -0.142. The van der Waals surface area contributed by atoms with Gasteiger partial charge in [0.1, 0.15) is 6.04 Å². The van der Waals surface area contributed by atoms with Gasteiger partial charge in [-0.15, -0.1) is 0 Å². The smallest absolute Gasteiger partial charge is 0.320 e. The first-order valence-corrected chi connectivity index (χ1v) is 3.83. The summed E-state index contributed by atoms with van der Waals surface area (Å²) in [4.78, 5) is 12.4. The maximum atomic E-state index is 10.6. The molecule has 4 nitrogen and oxygen atoms in total. The quantitative estimate of drug-likeness (QED) is 0.584. The Bertz CT molecular complexity index is 149. The molecule has 2 N–H and O–H groups in total. The van der Waals surface area contributed by atoms with Crippen LogP contribution in [-0.4, -0.2) is 46.8 Å². The highest BCUT2D eigenvalue weighted by molar-refractivity contribution is 5.73. The van der Waals surface area contributed by atoms with Gasteiger partial charge in [-0.25, -0.2) is 0 Å². The molecule has 0 spiro atoms. The minimum absolute atomic E-state index is 0.0454. The van der Waals surface area contributed by atoms with Gasteiger partial charge in [-0.1, -0.05) is 0 Å². The van der Waals surface area contributed by atoms with Gasteiger partial charge in [0.05, 0.1) is 6.61 Å². The molecule has 1 fully saturated rings. The van der Waals surface area contributed by atoms with Gasteiger partial charge < -0.3 is 10.2 Å². The van der Waals surface area contributed by atoms with E-state index in [0.29, 0.717) is 6.54 Å². The van der Waals surface area contributed by atoms with Crippen LogP contribution in [-0.2, 0) is 4.79 Å². The Hall–Kier alpha value is -0.610. The molecule has 0 aromatic carbocycles. The van der Waals surface area contributed by atoms with E-state index in [1.165, 1.54) is 0 Å². The number of carboxylic acid groups (broad SMARTS) is 1. The number of carbonyl (C=O) groups is 1. The Kier molecular flexibility index (Phi) is 2.84. The SMILES string of the molecule is O=C(O)C1CCCN1CCO. The molecule has 1 unspecified atom stereocenters. The van der Waals surface area contributed by atoms with E-state index in [4.69, 9.17) is 10.2 Å². The van der Waals surface area contributed by atoms with Gasteiger partial charge >= 0.3 is 5.97 Å². The number of aliphatic hydroxyl groups excluding tert-OH is 1. The van der Waals surface area contributed by atoms with Crippen LogP contribution in [0.2, 0.25) is 0 Å². The minimum atomic E-state index is -0.768. The number of likely N-dealkylation sites (tertiary alicyclic amines) is 1. The second-order valence-electron chi connectivity index (χ2n) is 2.76. The van der Waals surface area contributed by atoms with Gasteiger partial charge in [-0.3, -0.25) is 9.69 Å². The summed E-state index contributed by atoms with van der Waals surface area (Å²) in [6, 6.07) is -0.359. The van der Waals surface area contributed by atoms with Gasteiger partial charge in [0.15, 0.2) is 0 Å². The van der Waals surface area contributed by atoms with Crippen molar-refractivity contribution in [2.45, 2.75) is 18.9 Å². The Labute approximate surface area is 65.4 Å². The van der Waals surface area contributed by atoms with Gasteiger partial charge in [0.2, 0.25) is 0 Å². The first-order chi connectivity index (χ1) is 5.25. The molecule has 1 saturated heterocycles. The molecule has 1 atom stereocenters. The molecular formula is C7H13NO3. The van der Waals surface area contributed by atoms with Gasteiger partial charge in [-0.2, -0.15) is 0 Å². The Balaban J connectivity index is 2.44. The Morgan fingerprint density at radius 3 is 2.91 bits per heavy atom. The van der Waals surface area contributed by atoms with E-state index in [-0.39, 0.29) is 12.6 Å². The molecule has 0 aliphatic carbocycles. The Morgan fingerprint density at radius 1 is 1.64 bits per heavy atom. The molecule has 1 rings (SSSR count). The van der Waals surface area contributed by atoms with E-state index in [1.54, 1.807) is 0 Å². The van der Waals surface area contributed by atoms with Crippen molar-refractivity contribution in [3.63, 3.8) is 0 Å². The van der Waals surface area contributed by atoms with Crippen LogP contribution in [0.3, 0.4) is 0 Å². The van der Waals surface area contributed by atoms with Crippen LogP contribution in [0.25, 0.3) is 0 Å². The number of rotatable bonds is 3. The average Bonchev–Trinajstić information content (AvgIpc) is 2.36. The van der Waals surface area contributed by atoms with Crippen molar-refractivity contribution < 1.29 is 15.0 Å². The fourth-order valence-electron chi connectivity index (χ4n) is 1.50. The summed E-state index contributed by atoms with van der Waals surface area (Å²) in [6.07, 6.45) is 1.65. The second kappa shape index (κ2) is 3.69. The van der Waals surface area contributed by atoms with Gasteiger partial charge in [0.25, 0.3) is 0 Å². The predicted molar refractivity (Wildman–Crippen MR) is 39.3 cm³/mol. The lowest BCUT2D eigenvalue weighted by atomic mass is 10.2. The maximum absolute atomic E-state index is 10.6. The summed E-state index contributed by atoms with van der Waals surface area (Å²) in [6.45, 7) is 1.33. The highest BCUT2D eigenvalue weighted by Crippen LogP contribution is 2.16. The molecule has 0 aromatic rings. The topological polar surface area (TPSA) is 60.8 Å². The van der Waals surface area contributed by atoms with Crippen LogP contribution in [0.4, 0.5) is 0 Å². The van der Waals surface area contributed by atoms with Gasteiger partial charge in [-0.05, 0) is 19.4 Å². The Morgan fingerprint density at radius 2 is 2.36 bits per heavy atom. The summed E-state index contributed by atoms with van der Waals surface area (Å²) in [5.41, 5.74) is 0. The van der Waals surface area contributed by atoms with E-state index < -0.39 is 5.97 Å². The lowest BCUT2D eigenvalue weighted by Crippen LogP contribution is -2.37. The van der Waals surface area contributed by atoms with Crippen LogP contribution in [0.5, 0.6) is 0 Å². The molecule has 0 amide bonds. The number of carboxylic acids is 1. The molecule has 0 saturated carbocycles. The first-order valence-electron chi connectivity index (χ1n) is 3.83. The molecule has 0 radical (unpaired) electrons. The van der Waals surface area contributed by atoms with Crippen molar-refractivity contribution >= 4 is 5.97 Å². The molecule has 11 heavy (non-hydrogen) atoms. The van der Waals surface area contributed by atoms with Crippen molar-refractivity contribution in [3.8, 4) is 0 Å². The largest absolute Gasteiger partial charge is 0.480 e. The normalized spacial score (nSPS) is 25.7. The van der Waals surface area contributed by atoms with Crippen LogP contribution in [0.1, 0.15) is 12.8 Å². The summed E-state index contributed by atoms with van der Waals surface area (Å²) >= 11 is 0. The predicted octanol–water partition coefficient (Wildman–Crippen LogP) is -0.472. The summed E-state index contributed by atoms with van der Waals surface area (Å²) in [5, 5.41) is 17.3. The number of nitrogens with zero attached hydrogens (tertiary/aromatic N) is 1. The molecule has 0 bridgehead atoms. The molecule has 1 aliphatic heterocycles. The van der Waals surface area contributed by atoms with Crippen molar-refractivity contribution in [2.24, 2.45) is 0 Å². The van der Waals surface area contributed by atoms with E-state index in [0.717, 1.165) is 19.4 Å². The highest BCUT2D eigenvalue weighted by atomic mass is 16.4. The van der Waals surface area contributed by atoms with Crippen molar-refractivity contribution in [1.82, 2.24) is 4.90 Å². The van der Waals surface area contributed by atoms with E-state index in [1.807, 2.05) is 4.90 Å². The van der Waals surface area contributed by atoms with Crippen molar-refractivity contribution in [3.05, 3.63) is 0 Å². The molecular weight excluding hydrogens is 146 g/mol. The molecule has 0 aromatic heterocycles. The maximum Gasteiger partial charge on any atom is 0.320 e. The summed E-state index contributed by atoms with van der Waals surface area (Å²) in [7, 11) is 0. The van der Waals surface area contributed by atoms with E-state index in [2.05, 4.69) is 0 Å². The highest BCUT2D eigenvalue weighted by Gasteiger charge is 2.29. The third-order valence-corrected chi connectivity index (χ3v) is 2.04. The number of aliphatic carboxylic acids is 1. The van der Waals surface area contributed by atoms with E-state index >= 15 is 0 Å².